The molecule has 8 heteroatoms. The topological polar surface area (TPSA) is 80.1 Å². The SMILES string of the molecule is CC(C)(C)N(CC(=O)Nc1ccc(F)cc1)C(=O)Cn1ccnn1. The molecule has 0 aliphatic heterocycles. The Balaban J connectivity index is 2.03. The summed E-state index contributed by atoms with van der Waals surface area (Å²) >= 11 is 0. The standard InChI is InChI=1S/C16H20FN5O2/c1-16(2,3)22(15(24)11-21-9-8-18-20-21)10-14(23)19-13-6-4-12(17)5-7-13/h4-9H,10-11H2,1-3H3,(H,19,23). The summed E-state index contributed by atoms with van der Waals surface area (Å²) in [6.45, 7) is 5.42. The molecule has 1 N–H and O–H groups in total. The fourth-order valence-electron chi connectivity index (χ4n) is 2.12. The van der Waals surface area contributed by atoms with Crippen LogP contribution in [0.4, 0.5) is 10.1 Å². The number of nitrogens with zero attached hydrogens (tertiary/aromatic N) is 4. The quantitative estimate of drug-likeness (QED) is 0.903. The van der Waals surface area contributed by atoms with Crippen LogP contribution >= 0.6 is 0 Å². The number of hydrogen-bond donors (Lipinski definition) is 1. The van der Waals surface area contributed by atoms with Crippen LogP contribution in [0.1, 0.15) is 20.8 Å². The molecule has 1 aromatic heterocycles. The van der Waals surface area contributed by atoms with Crippen molar-refractivity contribution in [2.75, 3.05) is 11.9 Å². The van der Waals surface area contributed by atoms with E-state index in [1.54, 1.807) is 6.20 Å². The van der Waals surface area contributed by atoms with E-state index in [0.29, 0.717) is 5.69 Å². The fraction of sp³-hybridized carbons (Fsp3) is 0.375. The molecule has 1 aromatic carbocycles. The van der Waals surface area contributed by atoms with Crippen LogP contribution < -0.4 is 5.32 Å². The highest BCUT2D eigenvalue weighted by atomic mass is 19.1. The molecule has 0 saturated carbocycles. The molecular formula is C16H20FN5O2. The van der Waals surface area contributed by atoms with E-state index >= 15 is 0 Å². The summed E-state index contributed by atoms with van der Waals surface area (Å²) in [5.41, 5.74) is -0.0726. The van der Waals surface area contributed by atoms with E-state index in [9.17, 15) is 14.0 Å². The zero-order valence-corrected chi connectivity index (χ0v) is 13.9. The van der Waals surface area contributed by atoms with Gasteiger partial charge in [0.25, 0.3) is 0 Å². The Kier molecular flexibility index (Phi) is 5.28. The second-order valence-electron chi connectivity index (χ2n) is 6.31. The molecule has 0 radical (unpaired) electrons. The average Bonchev–Trinajstić information content (AvgIpc) is 2.99. The van der Waals surface area contributed by atoms with Gasteiger partial charge in [-0.2, -0.15) is 0 Å². The Bertz CT molecular complexity index is 692. The Labute approximate surface area is 139 Å². The average molecular weight is 333 g/mol. The van der Waals surface area contributed by atoms with E-state index in [-0.39, 0.29) is 30.7 Å². The first-order valence-corrected chi connectivity index (χ1v) is 7.46. The molecule has 2 amide bonds. The van der Waals surface area contributed by atoms with E-state index in [4.69, 9.17) is 0 Å². The number of aromatic nitrogens is 3. The molecule has 0 saturated heterocycles. The summed E-state index contributed by atoms with van der Waals surface area (Å²) in [7, 11) is 0. The van der Waals surface area contributed by atoms with Gasteiger partial charge < -0.3 is 10.2 Å². The molecule has 0 atom stereocenters. The van der Waals surface area contributed by atoms with Crippen molar-refractivity contribution < 1.29 is 14.0 Å². The summed E-state index contributed by atoms with van der Waals surface area (Å²) in [5, 5.41) is 10.1. The number of hydrogen-bond acceptors (Lipinski definition) is 4. The van der Waals surface area contributed by atoms with Gasteiger partial charge >= 0.3 is 0 Å². The molecule has 0 fully saturated rings. The number of benzene rings is 1. The van der Waals surface area contributed by atoms with Crippen LogP contribution in [0.5, 0.6) is 0 Å². The van der Waals surface area contributed by atoms with Crippen molar-refractivity contribution in [2.45, 2.75) is 32.9 Å². The first-order chi connectivity index (χ1) is 11.3. The van der Waals surface area contributed by atoms with Crippen molar-refractivity contribution in [3.63, 3.8) is 0 Å². The van der Waals surface area contributed by atoms with Crippen molar-refractivity contribution in [3.05, 3.63) is 42.5 Å². The van der Waals surface area contributed by atoms with E-state index in [0.717, 1.165) is 0 Å². The lowest BCUT2D eigenvalue weighted by Crippen LogP contribution is -2.50. The monoisotopic (exact) mass is 333 g/mol. The minimum absolute atomic E-state index is 0.00109. The van der Waals surface area contributed by atoms with Crippen molar-refractivity contribution in [2.24, 2.45) is 0 Å². The largest absolute Gasteiger partial charge is 0.327 e. The first kappa shape index (κ1) is 17.6. The van der Waals surface area contributed by atoms with Crippen LogP contribution in [0, 0.1) is 5.82 Å². The van der Waals surface area contributed by atoms with Gasteiger partial charge in [-0.25, -0.2) is 9.07 Å². The second kappa shape index (κ2) is 7.20. The number of halogens is 1. The lowest BCUT2D eigenvalue weighted by Gasteiger charge is -2.35. The normalized spacial score (nSPS) is 11.2. The summed E-state index contributed by atoms with van der Waals surface area (Å²) < 4.78 is 14.3. The van der Waals surface area contributed by atoms with Gasteiger partial charge in [-0.3, -0.25) is 9.59 Å². The van der Waals surface area contributed by atoms with Crippen LogP contribution in [0.15, 0.2) is 36.7 Å². The van der Waals surface area contributed by atoms with E-state index in [1.807, 2.05) is 20.8 Å². The smallest absolute Gasteiger partial charge is 0.245 e. The van der Waals surface area contributed by atoms with Crippen molar-refractivity contribution in [1.29, 1.82) is 0 Å². The third kappa shape index (κ3) is 4.87. The Morgan fingerprint density at radius 3 is 2.46 bits per heavy atom. The van der Waals surface area contributed by atoms with Gasteiger partial charge in [0, 0.05) is 17.4 Å². The van der Waals surface area contributed by atoms with Crippen molar-refractivity contribution in [1.82, 2.24) is 19.9 Å². The van der Waals surface area contributed by atoms with Gasteiger partial charge in [-0.15, -0.1) is 5.10 Å². The third-order valence-electron chi connectivity index (χ3n) is 3.31. The van der Waals surface area contributed by atoms with E-state index < -0.39 is 5.54 Å². The number of carbonyl (C=O) groups excluding carboxylic acids is 2. The highest BCUT2D eigenvalue weighted by molar-refractivity contribution is 5.94. The zero-order valence-electron chi connectivity index (χ0n) is 13.9. The van der Waals surface area contributed by atoms with Gasteiger partial charge in [-0.05, 0) is 45.0 Å². The van der Waals surface area contributed by atoms with Gasteiger partial charge in [0.15, 0.2) is 0 Å². The number of nitrogens with one attached hydrogen (secondary N) is 1. The lowest BCUT2D eigenvalue weighted by molar-refractivity contribution is -0.140. The molecule has 2 aromatic rings. The van der Waals surface area contributed by atoms with Crippen molar-refractivity contribution in [3.8, 4) is 0 Å². The molecule has 0 bridgehead atoms. The van der Waals surface area contributed by atoms with Crippen LogP contribution in [0.3, 0.4) is 0 Å². The second-order valence-corrected chi connectivity index (χ2v) is 6.31. The molecule has 0 spiro atoms. The molecule has 0 aliphatic carbocycles. The number of anilines is 1. The molecule has 24 heavy (non-hydrogen) atoms. The first-order valence-electron chi connectivity index (χ1n) is 7.46. The summed E-state index contributed by atoms with van der Waals surface area (Å²) in [6, 6.07) is 5.44. The molecule has 0 unspecified atom stereocenters. The third-order valence-corrected chi connectivity index (χ3v) is 3.31. The summed E-state index contributed by atoms with van der Waals surface area (Å²) in [6.07, 6.45) is 3.06. The Hall–Kier alpha value is -2.77. The van der Waals surface area contributed by atoms with Gasteiger partial charge in [-0.1, -0.05) is 5.21 Å². The lowest BCUT2D eigenvalue weighted by atomic mass is 10.1. The van der Waals surface area contributed by atoms with Gasteiger partial charge in [0.1, 0.15) is 18.9 Å². The number of rotatable bonds is 5. The van der Waals surface area contributed by atoms with Crippen molar-refractivity contribution >= 4 is 17.5 Å². The maximum atomic E-state index is 12.9. The molecular weight excluding hydrogens is 313 g/mol. The highest BCUT2D eigenvalue weighted by Crippen LogP contribution is 2.15. The Morgan fingerprint density at radius 1 is 1.25 bits per heavy atom. The molecule has 128 valence electrons. The number of amides is 2. The van der Waals surface area contributed by atoms with Crippen LogP contribution in [0.2, 0.25) is 0 Å². The fourth-order valence-corrected chi connectivity index (χ4v) is 2.12. The predicted molar refractivity (Wildman–Crippen MR) is 86.5 cm³/mol. The van der Waals surface area contributed by atoms with E-state index in [1.165, 1.54) is 40.0 Å². The predicted octanol–water partition coefficient (Wildman–Crippen LogP) is 1.68. The highest BCUT2D eigenvalue weighted by Gasteiger charge is 2.28. The maximum Gasteiger partial charge on any atom is 0.245 e. The van der Waals surface area contributed by atoms with Crippen LogP contribution in [-0.4, -0.2) is 43.8 Å². The van der Waals surface area contributed by atoms with Gasteiger partial charge in [0.05, 0.1) is 6.20 Å². The summed E-state index contributed by atoms with van der Waals surface area (Å²) in [5.74, 6) is -0.988. The minimum Gasteiger partial charge on any atom is -0.327 e. The molecule has 7 nitrogen and oxygen atoms in total. The van der Waals surface area contributed by atoms with Gasteiger partial charge in [0.2, 0.25) is 11.8 Å². The zero-order chi connectivity index (χ0) is 17.7. The summed E-state index contributed by atoms with van der Waals surface area (Å²) in [4.78, 5) is 26.2. The maximum absolute atomic E-state index is 12.9. The molecule has 2 rings (SSSR count). The van der Waals surface area contributed by atoms with Crippen LogP contribution in [-0.2, 0) is 16.1 Å². The number of carbonyl (C=O) groups is 2. The van der Waals surface area contributed by atoms with E-state index in [2.05, 4.69) is 15.6 Å². The molecule has 0 aliphatic rings. The molecule has 1 heterocycles. The minimum atomic E-state index is -0.544. The Morgan fingerprint density at radius 2 is 1.92 bits per heavy atom. The van der Waals surface area contributed by atoms with Crippen LogP contribution in [0.25, 0.3) is 0 Å².